The van der Waals surface area contributed by atoms with Crippen molar-refractivity contribution in [3.63, 3.8) is 0 Å². The maximum absolute atomic E-state index is 12.4. The van der Waals surface area contributed by atoms with E-state index in [0.29, 0.717) is 0 Å². The van der Waals surface area contributed by atoms with Crippen LogP contribution in [0.25, 0.3) is 0 Å². The van der Waals surface area contributed by atoms with Gasteiger partial charge in [-0.1, -0.05) is 6.07 Å². The molecular weight excluding hydrogens is 314 g/mol. The van der Waals surface area contributed by atoms with E-state index >= 15 is 0 Å². The number of hydrogen-bond acceptors (Lipinski definition) is 4. The Kier molecular flexibility index (Phi) is 5.89. The SMILES string of the molecule is Cc1cc(B(O)O)cc(OC(F)F)c1C(=O)CCC(F)(F)F. The summed E-state index contributed by atoms with van der Waals surface area (Å²) < 4.78 is 65.3. The van der Waals surface area contributed by atoms with Crippen molar-refractivity contribution in [1.29, 1.82) is 0 Å². The molecule has 4 nitrogen and oxygen atoms in total. The Morgan fingerprint density at radius 1 is 1.32 bits per heavy atom. The van der Waals surface area contributed by atoms with Crippen molar-refractivity contribution in [3.05, 3.63) is 23.3 Å². The number of halogens is 5. The fourth-order valence-electron chi connectivity index (χ4n) is 1.86. The first kappa shape index (κ1) is 18.4. The second-order valence-electron chi connectivity index (χ2n) is 4.50. The van der Waals surface area contributed by atoms with E-state index in [1.165, 1.54) is 6.92 Å². The lowest BCUT2D eigenvalue weighted by atomic mass is 9.78. The van der Waals surface area contributed by atoms with Gasteiger partial charge in [0.1, 0.15) is 5.75 Å². The number of alkyl halides is 5. The van der Waals surface area contributed by atoms with Gasteiger partial charge >= 0.3 is 19.9 Å². The molecule has 10 heteroatoms. The average Bonchev–Trinajstić information content (AvgIpc) is 2.33. The van der Waals surface area contributed by atoms with Crippen molar-refractivity contribution in [2.24, 2.45) is 0 Å². The predicted molar refractivity (Wildman–Crippen MR) is 67.3 cm³/mol. The van der Waals surface area contributed by atoms with Crippen LogP contribution in [0.5, 0.6) is 5.75 Å². The third-order valence-electron chi connectivity index (χ3n) is 2.75. The van der Waals surface area contributed by atoms with E-state index in [-0.39, 0.29) is 11.0 Å². The van der Waals surface area contributed by atoms with Gasteiger partial charge in [-0.3, -0.25) is 4.79 Å². The van der Waals surface area contributed by atoms with Crippen LogP contribution >= 0.6 is 0 Å². The van der Waals surface area contributed by atoms with Gasteiger partial charge in [0.2, 0.25) is 0 Å². The summed E-state index contributed by atoms with van der Waals surface area (Å²) in [6.07, 6.45) is -6.89. The second kappa shape index (κ2) is 7.06. The monoisotopic (exact) mass is 326 g/mol. The van der Waals surface area contributed by atoms with Gasteiger partial charge in [0.05, 0.1) is 12.0 Å². The van der Waals surface area contributed by atoms with Crippen LogP contribution in [0.4, 0.5) is 22.0 Å². The Bertz CT molecular complexity index is 545. The van der Waals surface area contributed by atoms with Gasteiger partial charge in [-0.2, -0.15) is 22.0 Å². The minimum atomic E-state index is -4.56. The molecule has 2 N–H and O–H groups in total. The Morgan fingerprint density at radius 2 is 1.91 bits per heavy atom. The molecule has 0 spiro atoms. The lowest BCUT2D eigenvalue weighted by Crippen LogP contribution is -2.31. The molecule has 0 unspecified atom stereocenters. The summed E-state index contributed by atoms with van der Waals surface area (Å²) in [5.41, 5.74) is -0.650. The lowest BCUT2D eigenvalue weighted by Gasteiger charge is -2.15. The number of ketones is 1. The van der Waals surface area contributed by atoms with Crippen LogP contribution in [-0.4, -0.2) is 35.7 Å². The Balaban J connectivity index is 3.18. The molecule has 1 aromatic carbocycles. The summed E-state index contributed by atoms with van der Waals surface area (Å²) in [6, 6.07) is 1.88. The van der Waals surface area contributed by atoms with Crippen molar-refractivity contribution in [3.8, 4) is 5.75 Å². The van der Waals surface area contributed by atoms with Gasteiger partial charge in [0.15, 0.2) is 5.78 Å². The third kappa shape index (κ3) is 5.26. The van der Waals surface area contributed by atoms with Crippen LogP contribution in [0.3, 0.4) is 0 Å². The number of aryl methyl sites for hydroxylation is 1. The predicted octanol–water partition coefficient (Wildman–Crippen LogP) is 1.80. The highest BCUT2D eigenvalue weighted by molar-refractivity contribution is 6.58. The molecule has 0 bridgehead atoms. The number of hydrogen-bond donors (Lipinski definition) is 2. The molecule has 0 aliphatic rings. The quantitative estimate of drug-likeness (QED) is 0.475. The topological polar surface area (TPSA) is 66.8 Å². The summed E-state index contributed by atoms with van der Waals surface area (Å²) in [5, 5.41) is 18.1. The number of ether oxygens (including phenoxy) is 1. The fourth-order valence-corrected chi connectivity index (χ4v) is 1.86. The van der Waals surface area contributed by atoms with E-state index in [4.69, 9.17) is 10.0 Å². The largest absolute Gasteiger partial charge is 0.488 e. The Hall–Kier alpha value is -1.68. The van der Waals surface area contributed by atoms with Crippen molar-refractivity contribution < 1.29 is 41.5 Å². The highest BCUT2D eigenvalue weighted by Gasteiger charge is 2.30. The van der Waals surface area contributed by atoms with E-state index < -0.39 is 49.8 Å². The van der Waals surface area contributed by atoms with E-state index in [1.807, 2.05) is 0 Å². The Labute approximate surface area is 122 Å². The first-order valence-electron chi connectivity index (χ1n) is 6.06. The maximum atomic E-state index is 12.4. The third-order valence-corrected chi connectivity index (χ3v) is 2.75. The van der Waals surface area contributed by atoms with E-state index in [0.717, 1.165) is 12.1 Å². The number of carbonyl (C=O) groups excluding carboxylic acids is 1. The molecule has 0 aromatic heterocycles. The maximum Gasteiger partial charge on any atom is 0.488 e. The molecule has 0 amide bonds. The van der Waals surface area contributed by atoms with Crippen molar-refractivity contribution in [2.45, 2.75) is 32.6 Å². The van der Waals surface area contributed by atoms with Gasteiger partial charge in [0, 0.05) is 6.42 Å². The smallest absolute Gasteiger partial charge is 0.434 e. The molecule has 0 heterocycles. The summed E-state index contributed by atoms with van der Waals surface area (Å²) in [5.74, 6) is -1.71. The summed E-state index contributed by atoms with van der Waals surface area (Å²) in [7, 11) is -2.00. The molecular formula is C12H12BF5O4. The summed E-state index contributed by atoms with van der Waals surface area (Å²) in [6.45, 7) is -2.05. The first-order chi connectivity index (χ1) is 10.0. The van der Waals surface area contributed by atoms with Gasteiger partial charge < -0.3 is 14.8 Å². The molecule has 0 fully saturated rings. The molecule has 1 rings (SSSR count). The zero-order valence-electron chi connectivity index (χ0n) is 11.3. The molecule has 0 atom stereocenters. The molecule has 0 aliphatic heterocycles. The van der Waals surface area contributed by atoms with Gasteiger partial charge in [-0.25, -0.2) is 0 Å². The van der Waals surface area contributed by atoms with Gasteiger partial charge in [0.25, 0.3) is 0 Å². The van der Waals surface area contributed by atoms with Crippen LogP contribution in [0.2, 0.25) is 0 Å². The van der Waals surface area contributed by atoms with Crippen LogP contribution in [0, 0.1) is 6.92 Å². The minimum Gasteiger partial charge on any atom is -0.434 e. The fraction of sp³-hybridized carbons (Fsp3) is 0.417. The van der Waals surface area contributed by atoms with Crippen molar-refractivity contribution in [2.75, 3.05) is 0 Å². The number of rotatable bonds is 6. The zero-order valence-corrected chi connectivity index (χ0v) is 11.3. The van der Waals surface area contributed by atoms with Crippen LogP contribution in [0.15, 0.2) is 12.1 Å². The van der Waals surface area contributed by atoms with Crippen LogP contribution in [-0.2, 0) is 0 Å². The van der Waals surface area contributed by atoms with Gasteiger partial charge in [-0.15, -0.1) is 0 Å². The zero-order chi connectivity index (χ0) is 17.1. The second-order valence-corrected chi connectivity index (χ2v) is 4.50. The molecule has 0 saturated carbocycles. The summed E-state index contributed by atoms with van der Waals surface area (Å²) in [4.78, 5) is 11.8. The van der Waals surface area contributed by atoms with Crippen molar-refractivity contribution >= 4 is 18.4 Å². The number of carbonyl (C=O) groups is 1. The summed E-state index contributed by atoms with van der Waals surface area (Å²) >= 11 is 0. The molecule has 122 valence electrons. The van der Waals surface area contributed by atoms with Gasteiger partial charge in [-0.05, 0) is 24.0 Å². The van der Waals surface area contributed by atoms with E-state index in [9.17, 15) is 26.7 Å². The average molecular weight is 326 g/mol. The molecule has 1 aromatic rings. The lowest BCUT2D eigenvalue weighted by molar-refractivity contribution is -0.133. The minimum absolute atomic E-state index is 0.00780. The highest BCUT2D eigenvalue weighted by Crippen LogP contribution is 2.28. The van der Waals surface area contributed by atoms with E-state index in [2.05, 4.69) is 4.74 Å². The highest BCUT2D eigenvalue weighted by atomic mass is 19.4. The normalized spacial score (nSPS) is 11.7. The van der Waals surface area contributed by atoms with Crippen molar-refractivity contribution in [1.82, 2.24) is 0 Å². The first-order valence-corrected chi connectivity index (χ1v) is 6.06. The number of benzene rings is 1. The number of Topliss-reactive ketones (excluding diaryl/α,β-unsaturated/α-hetero) is 1. The molecule has 22 heavy (non-hydrogen) atoms. The van der Waals surface area contributed by atoms with E-state index in [1.54, 1.807) is 0 Å². The molecule has 0 radical (unpaired) electrons. The standard InChI is InChI=1S/C12H12BF5O4/c1-6-4-7(13(20)21)5-9(22-11(14)15)10(6)8(19)2-3-12(16,17)18/h4-5,11,20-21H,2-3H2,1H3. The Morgan fingerprint density at radius 3 is 2.36 bits per heavy atom. The van der Waals surface area contributed by atoms with Crippen LogP contribution < -0.4 is 10.2 Å². The molecule has 0 aliphatic carbocycles. The molecule has 0 saturated heterocycles. The van der Waals surface area contributed by atoms with Crippen LogP contribution in [0.1, 0.15) is 28.8 Å².